The molecule has 0 fully saturated rings. The summed E-state index contributed by atoms with van der Waals surface area (Å²) in [6.07, 6.45) is 1.63. The Bertz CT molecular complexity index is 1220. The van der Waals surface area contributed by atoms with Crippen LogP contribution in [-0.4, -0.2) is 20.6 Å². The predicted octanol–water partition coefficient (Wildman–Crippen LogP) is 4.29. The molecule has 0 aliphatic carbocycles. The molecule has 0 unspecified atom stereocenters. The lowest BCUT2D eigenvalue weighted by molar-refractivity contribution is -0.384. The van der Waals surface area contributed by atoms with Gasteiger partial charge in [0.15, 0.2) is 5.69 Å². The van der Waals surface area contributed by atoms with Gasteiger partial charge in [0.2, 0.25) is 0 Å². The minimum Gasteiger partial charge on any atom is -0.489 e. The fourth-order valence-corrected chi connectivity index (χ4v) is 3.11. The van der Waals surface area contributed by atoms with Gasteiger partial charge >= 0.3 is 0 Å². The van der Waals surface area contributed by atoms with E-state index in [0.717, 1.165) is 11.1 Å². The summed E-state index contributed by atoms with van der Waals surface area (Å²) < 4.78 is 7.43. The number of non-ortho nitro benzene ring substituents is 1. The number of aromatic nitrogens is 2. The predicted molar refractivity (Wildman–Crippen MR) is 119 cm³/mol. The Hall–Kier alpha value is -4.46. The minimum atomic E-state index is -0.465. The summed E-state index contributed by atoms with van der Waals surface area (Å²) >= 11 is 0. The first kappa shape index (κ1) is 20.8. The monoisotopic (exact) mass is 428 g/mol. The van der Waals surface area contributed by atoms with Gasteiger partial charge in [0, 0.05) is 30.4 Å². The molecule has 8 nitrogen and oxygen atoms in total. The van der Waals surface area contributed by atoms with Crippen LogP contribution in [0.4, 0.5) is 5.69 Å². The van der Waals surface area contributed by atoms with Crippen LogP contribution in [-0.2, 0) is 13.2 Å². The number of nitro benzene ring substituents is 1. The molecule has 0 atom stereocenters. The van der Waals surface area contributed by atoms with Crippen molar-refractivity contribution in [2.75, 3.05) is 0 Å². The van der Waals surface area contributed by atoms with Crippen molar-refractivity contribution in [3.8, 4) is 11.4 Å². The molecular formula is C24H20N4O4. The molecule has 8 heteroatoms. The summed E-state index contributed by atoms with van der Waals surface area (Å²) in [4.78, 5) is 22.9. The molecule has 1 aromatic heterocycles. The number of hydrogen-bond acceptors (Lipinski definition) is 5. The van der Waals surface area contributed by atoms with Gasteiger partial charge in [-0.2, -0.15) is 5.10 Å². The molecule has 1 heterocycles. The van der Waals surface area contributed by atoms with Gasteiger partial charge in [-0.3, -0.25) is 14.9 Å². The van der Waals surface area contributed by atoms with Gasteiger partial charge in [0.05, 0.1) is 10.6 Å². The lowest BCUT2D eigenvalue weighted by Crippen LogP contribution is -2.23. The van der Waals surface area contributed by atoms with E-state index in [0.29, 0.717) is 18.0 Å². The second kappa shape index (κ2) is 9.57. The molecule has 0 saturated carbocycles. The molecule has 0 saturated heterocycles. The van der Waals surface area contributed by atoms with E-state index in [1.807, 2.05) is 54.6 Å². The van der Waals surface area contributed by atoms with Crippen LogP contribution in [0.3, 0.4) is 0 Å². The fourth-order valence-electron chi connectivity index (χ4n) is 3.11. The van der Waals surface area contributed by atoms with Crippen LogP contribution in [0.15, 0.2) is 91.1 Å². The number of para-hydroxylation sites is 1. The third kappa shape index (κ3) is 4.99. The Labute approximate surface area is 184 Å². The summed E-state index contributed by atoms with van der Waals surface area (Å²) in [5, 5.41) is 17.9. The van der Waals surface area contributed by atoms with Crippen molar-refractivity contribution in [1.29, 1.82) is 0 Å². The zero-order valence-corrected chi connectivity index (χ0v) is 17.0. The molecule has 0 aliphatic rings. The Kier molecular flexibility index (Phi) is 6.22. The summed E-state index contributed by atoms with van der Waals surface area (Å²) in [6.45, 7) is 0.722. The Morgan fingerprint density at radius 2 is 1.69 bits per heavy atom. The maximum absolute atomic E-state index is 12.6. The summed E-state index contributed by atoms with van der Waals surface area (Å²) in [7, 11) is 0. The Balaban J connectivity index is 1.39. The van der Waals surface area contributed by atoms with Crippen molar-refractivity contribution in [3.63, 3.8) is 0 Å². The van der Waals surface area contributed by atoms with Crippen LogP contribution in [0.5, 0.6) is 5.75 Å². The fraction of sp³-hybridized carbons (Fsp3) is 0.0833. The van der Waals surface area contributed by atoms with Crippen molar-refractivity contribution < 1.29 is 14.5 Å². The highest BCUT2D eigenvalue weighted by molar-refractivity contribution is 5.92. The molecule has 0 spiro atoms. The van der Waals surface area contributed by atoms with Crippen molar-refractivity contribution in [2.45, 2.75) is 13.2 Å². The molecule has 4 rings (SSSR count). The highest BCUT2D eigenvalue weighted by Crippen LogP contribution is 2.20. The van der Waals surface area contributed by atoms with E-state index in [1.165, 1.54) is 16.8 Å². The highest BCUT2D eigenvalue weighted by Gasteiger charge is 2.12. The number of ether oxygens (including phenoxy) is 1. The summed E-state index contributed by atoms with van der Waals surface area (Å²) in [5.41, 5.74) is 2.77. The van der Waals surface area contributed by atoms with E-state index in [2.05, 4.69) is 10.4 Å². The summed E-state index contributed by atoms with van der Waals surface area (Å²) in [6, 6.07) is 24.9. The van der Waals surface area contributed by atoms with Crippen LogP contribution in [0.2, 0.25) is 0 Å². The maximum atomic E-state index is 12.6. The average Bonchev–Trinajstić information content (AvgIpc) is 3.33. The van der Waals surface area contributed by atoms with E-state index in [9.17, 15) is 14.9 Å². The first-order valence-electron chi connectivity index (χ1n) is 9.93. The molecule has 0 radical (unpaired) electrons. The molecule has 160 valence electrons. The van der Waals surface area contributed by atoms with E-state index in [4.69, 9.17) is 4.74 Å². The minimum absolute atomic E-state index is 0.00739. The van der Waals surface area contributed by atoms with Crippen molar-refractivity contribution in [3.05, 3.63) is 118 Å². The number of nitrogens with zero attached hydrogens (tertiary/aromatic N) is 3. The molecule has 32 heavy (non-hydrogen) atoms. The van der Waals surface area contributed by atoms with Crippen LogP contribution in [0.25, 0.3) is 5.69 Å². The molecule has 0 aliphatic heterocycles. The largest absolute Gasteiger partial charge is 0.489 e. The molecule has 0 bridgehead atoms. The second-order valence-corrected chi connectivity index (χ2v) is 6.98. The number of hydrogen-bond donors (Lipinski definition) is 1. The van der Waals surface area contributed by atoms with Crippen molar-refractivity contribution >= 4 is 11.6 Å². The first-order valence-corrected chi connectivity index (χ1v) is 9.93. The van der Waals surface area contributed by atoms with E-state index in [-0.39, 0.29) is 23.8 Å². The molecule has 1 N–H and O–H groups in total. The standard InChI is InChI=1S/C24H20N4O4/c29-24(22-14-15-27(26-22)20-10-12-21(13-11-20)28(30)31)25-16-19-8-4-5-9-23(19)32-17-18-6-2-1-3-7-18/h1-15H,16-17H2,(H,25,29). The number of rotatable bonds is 8. The number of carbonyl (C=O) groups is 1. The Morgan fingerprint density at radius 1 is 0.969 bits per heavy atom. The lowest BCUT2D eigenvalue weighted by atomic mass is 10.2. The number of nitro groups is 1. The van der Waals surface area contributed by atoms with Gasteiger partial charge in [0.1, 0.15) is 12.4 Å². The molecule has 4 aromatic rings. The van der Waals surface area contributed by atoms with Gasteiger partial charge in [-0.05, 0) is 29.8 Å². The number of benzene rings is 3. The third-order valence-electron chi connectivity index (χ3n) is 4.80. The van der Waals surface area contributed by atoms with Crippen LogP contribution in [0, 0.1) is 10.1 Å². The molecular weight excluding hydrogens is 408 g/mol. The van der Waals surface area contributed by atoms with Gasteiger partial charge in [0.25, 0.3) is 11.6 Å². The van der Waals surface area contributed by atoms with Crippen LogP contribution in [0.1, 0.15) is 21.6 Å². The zero-order valence-electron chi connectivity index (χ0n) is 17.0. The highest BCUT2D eigenvalue weighted by atomic mass is 16.6. The van der Waals surface area contributed by atoms with Crippen LogP contribution < -0.4 is 10.1 Å². The number of nitrogens with one attached hydrogen (secondary N) is 1. The van der Waals surface area contributed by atoms with Gasteiger partial charge in [-0.25, -0.2) is 4.68 Å². The zero-order chi connectivity index (χ0) is 22.3. The smallest absolute Gasteiger partial charge is 0.272 e. The van der Waals surface area contributed by atoms with E-state index < -0.39 is 4.92 Å². The van der Waals surface area contributed by atoms with Gasteiger partial charge in [-0.1, -0.05) is 48.5 Å². The third-order valence-corrected chi connectivity index (χ3v) is 4.80. The van der Waals surface area contributed by atoms with Gasteiger partial charge < -0.3 is 10.1 Å². The Morgan fingerprint density at radius 3 is 2.44 bits per heavy atom. The quantitative estimate of drug-likeness (QED) is 0.333. The molecule has 3 aromatic carbocycles. The van der Waals surface area contributed by atoms with Crippen molar-refractivity contribution in [2.24, 2.45) is 0 Å². The average molecular weight is 428 g/mol. The topological polar surface area (TPSA) is 99.3 Å². The normalized spacial score (nSPS) is 10.5. The van der Waals surface area contributed by atoms with Gasteiger partial charge in [-0.15, -0.1) is 0 Å². The van der Waals surface area contributed by atoms with Crippen molar-refractivity contribution in [1.82, 2.24) is 15.1 Å². The van der Waals surface area contributed by atoms with E-state index >= 15 is 0 Å². The number of amides is 1. The number of carbonyl (C=O) groups excluding carboxylic acids is 1. The SMILES string of the molecule is O=C(NCc1ccccc1OCc1ccccc1)c1ccn(-c2ccc([N+](=O)[O-])cc2)n1. The summed E-state index contributed by atoms with van der Waals surface area (Å²) in [5.74, 6) is 0.372. The molecule has 1 amide bonds. The lowest BCUT2D eigenvalue weighted by Gasteiger charge is -2.12. The van der Waals surface area contributed by atoms with E-state index in [1.54, 1.807) is 24.4 Å². The first-order chi connectivity index (χ1) is 15.6. The van der Waals surface area contributed by atoms with Crippen LogP contribution >= 0.6 is 0 Å². The second-order valence-electron chi connectivity index (χ2n) is 6.98. The maximum Gasteiger partial charge on any atom is 0.272 e.